The average molecular weight is 454 g/mol. The summed E-state index contributed by atoms with van der Waals surface area (Å²) in [6.45, 7) is 6.76. The Bertz CT molecular complexity index is 1100. The summed E-state index contributed by atoms with van der Waals surface area (Å²) in [5, 5.41) is 11.6. The molecule has 8 nitrogen and oxygen atoms in total. The molecule has 0 bridgehead atoms. The minimum absolute atomic E-state index is 0.0858. The van der Waals surface area contributed by atoms with E-state index in [1.165, 1.54) is 17.3 Å². The van der Waals surface area contributed by atoms with Crippen molar-refractivity contribution >= 4 is 29.3 Å². The van der Waals surface area contributed by atoms with Crippen LogP contribution in [-0.4, -0.2) is 32.3 Å². The zero-order chi connectivity index (χ0) is 23.3. The Balaban J connectivity index is 1.55. The Kier molecular flexibility index (Phi) is 7.19. The number of aromatic nitrogens is 3. The number of anilines is 1. The summed E-state index contributed by atoms with van der Waals surface area (Å²) in [6, 6.07) is 14.6. The summed E-state index contributed by atoms with van der Waals surface area (Å²) >= 11 is 1.24. The molecule has 0 spiro atoms. The molecule has 0 saturated heterocycles. The van der Waals surface area contributed by atoms with Crippen molar-refractivity contribution in [3.63, 3.8) is 0 Å². The summed E-state index contributed by atoms with van der Waals surface area (Å²) in [7, 11) is 1.82. The molecule has 0 aliphatic heterocycles. The number of rotatable bonds is 8. The molecule has 2 aromatic carbocycles. The van der Waals surface area contributed by atoms with E-state index < -0.39 is 5.91 Å². The van der Waals surface area contributed by atoms with Crippen molar-refractivity contribution in [2.45, 2.75) is 37.9 Å². The Labute approximate surface area is 191 Å². The summed E-state index contributed by atoms with van der Waals surface area (Å²) in [5.74, 6) is 0.631. The number of carbonyl (C=O) groups excluding carboxylic acids is 2. The maximum Gasteiger partial charge on any atom is 0.250 e. The molecule has 0 saturated carbocycles. The van der Waals surface area contributed by atoms with E-state index >= 15 is 0 Å². The van der Waals surface area contributed by atoms with Gasteiger partial charge in [0.15, 0.2) is 11.0 Å². The number of amides is 2. The Morgan fingerprint density at radius 3 is 2.44 bits per heavy atom. The van der Waals surface area contributed by atoms with E-state index in [9.17, 15) is 9.59 Å². The molecular formula is C23H27N5O3S. The van der Waals surface area contributed by atoms with E-state index in [0.29, 0.717) is 16.7 Å². The van der Waals surface area contributed by atoms with Crippen LogP contribution >= 0.6 is 11.8 Å². The molecule has 168 valence electrons. The predicted octanol–water partition coefficient (Wildman–Crippen LogP) is 3.52. The van der Waals surface area contributed by atoms with E-state index in [0.717, 1.165) is 5.75 Å². The van der Waals surface area contributed by atoms with Crippen LogP contribution in [0.5, 0.6) is 5.75 Å². The highest BCUT2D eigenvalue weighted by Gasteiger charge is 2.15. The highest BCUT2D eigenvalue weighted by atomic mass is 32.2. The first-order valence-corrected chi connectivity index (χ1v) is 11.1. The Morgan fingerprint density at radius 1 is 1.09 bits per heavy atom. The molecule has 0 atom stereocenters. The fourth-order valence-electron chi connectivity index (χ4n) is 2.92. The van der Waals surface area contributed by atoms with Gasteiger partial charge in [-0.1, -0.05) is 56.8 Å². The molecular weight excluding hydrogens is 426 g/mol. The number of benzene rings is 2. The minimum Gasteiger partial charge on any atom is -0.486 e. The molecule has 3 N–H and O–H groups in total. The van der Waals surface area contributed by atoms with Crippen LogP contribution in [-0.2, 0) is 23.9 Å². The number of nitrogens with zero attached hydrogens (tertiary/aromatic N) is 3. The van der Waals surface area contributed by atoms with Gasteiger partial charge < -0.3 is 20.4 Å². The van der Waals surface area contributed by atoms with Crippen molar-refractivity contribution in [2.75, 3.05) is 11.1 Å². The summed E-state index contributed by atoms with van der Waals surface area (Å²) in [6.07, 6.45) is 0. The van der Waals surface area contributed by atoms with Crippen LogP contribution in [0.15, 0.2) is 53.7 Å². The number of primary amides is 1. The number of ether oxygens (including phenoxy) is 1. The van der Waals surface area contributed by atoms with Gasteiger partial charge in [-0.2, -0.15) is 0 Å². The van der Waals surface area contributed by atoms with Gasteiger partial charge in [0.05, 0.1) is 17.0 Å². The Hall–Kier alpha value is -3.33. The molecule has 3 aromatic rings. The molecule has 0 aliphatic carbocycles. The highest BCUT2D eigenvalue weighted by molar-refractivity contribution is 7.99. The van der Waals surface area contributed by atoms with Crippen molar-refractivity contribution < 1.29 is 14.3 Å². The van der Waals surface area contributed by atoms with Gasteiger partial charge in [0, 0.05) is 7.05 Å². The zero-order valence-corrected chi connectivity index (χ0v) is 19.4. The van der Waals surface area contributed by atoms with Crippen LogP contribution in [0, 0.1) is 0 Å². The van der Waals surface area contributed by atoms with E-state index in [2.05, 4.69) is 48.4 Å². The van der Waals surface area contributed by atoms with Crippen molar-refractivity contribution in [1.29, 1.82) is 0 Å². The van der Waals surface area contributed by atoms with Gasteiger partial charge >= 0.3 is 0 Å². The van der Waals surface area contributed by atoms with Gasteiger partial charge in [0.2, 0.25) is 5.91 Å². The quantitative estimate of drug-likeness (QED) is 0.505. The molecule has 0 unspecified atom stereocenters. The van der Waals surface area contributed by atoms with Crippen molar-refractivity contribution in [3.05, 3.63) is 65.5 Å². The van der Waals surface area contributed by atoms with Crippen LogP contribution in [0.2, 0.25) is 0 Å². The van der Waals surface area contributed by atoms with Gasteiger partial charge in [-0.15, -0.1) is 10.2 Å². The highest BCUT2D eigenvalue weighted by Crippen LogP contribution is 2.25. The van der Waals surface area contributed by atoms with Crippen LogP contribution < -0.4 is 15.8 Å². The van der Waals surface area contributed by atoms with Crippen LogP contribution in [0.4, 0.5) is 5.69 Å². The fraction of sp³-hybridized carbons (Fsp3) is 0.304. The largest absolute Gasteiger partial charge is 0.486 e. The standard InChI is InChI=1S/C23H27N5O3S/c1-23(2,3)15-9-11-16(12-10-15)31-13-19-26-27-22(28(19)4)32-14-20(29)25-18-8-6-5-7-17(18)21(24)30/h5-12H,13-14H2,1-4H3,(H2,24,30)(H,25,29). The second kappa shape index (κ2) is 9.86. The second-order valence-electron chi connectivity index (χ2n) is 8.27. The third kappa shape index (κ3) is 5.88. The molecule has 2 amide bonds. The fourth-order valence-corrected chi connectivity index (χ4v) is 3.65. The third-order valence-corrected chi connectivity index (χ3v) is 5.83. The normalized spacial score (nSPS) is 11.2. The number of hydrogen-bond acceptors (Lipinski definition) is 6. The van der Waals surface area contributed by atoms with Gasteiger partial charge in [0.25, 0.3) is 5.91 Å². The molecule has 3 rings (SSSR count). The van der Waals surface area contributed by atoms with Crippen LogP contribution in [0.3, 0.4) is 0 Å². The van der Waals surface area contributed by atoms with Crippen molar-refractivity contribution in [1.82, 2.24) is 14.8 Å². The molecule has 9 heteroatoms. The lowest BCUT2D eigenvalue weighted by Gasteiger charge is -2.19. The number of hydrogen-bond donors (Lipinski definition) is 2. The lowest BCUT2D eigenvalue weighted by atomic mass is 9.87. The zero-order valence-electron chi connectivity index (χ0n) is 18.6. The number of nitrogens with one attached hydrogen (secondary N) is 1. The number of carbonyl (C=O) groups is 2. The van der Waals surface area contributed by atoms with Crippen molar-refractivity contribution in [2.24, 2.45) is 12.8 Å². The second-order valence-corrected chi connectivity index (χ2v) is 9.21. The van der Waals surface area contributed by atoms with E-state index in [4.69, 9.17) is 10.5 Å². The van der Waals surface area contributed by atoms with Gasteiger partial charge in [-0.05, 0) is 35.2 Å². The number of thioether (sulfide) groups is 1. The average Bonchev–Trinajstić information content (AvgIpc) is 3.10. The predicted molar refractivity (Wildman–Crippen MR) is 125 cm³/mol. The molecule has 32 heavy (non-hydrogen) atoms. The first kappa shape index (κ1) is 23.3. The SMILES string of the molecule is Cn1c(COc2ccc(C(C)(C)C)cc2)nnc1SCC(=O)Nc1ccccc1C(N)=O. The smallest absolute Gasteiger partial charge is 0.250 e. The van der Waals surface area contributed by atoms with E-state index in [-0.39, 0.29) is 29.2 Å². The van der Waals surface area contributed by atoms with Gasteiger partial charge in [-0.3, -0.25) is 9.59 Å². The Morgan fingerprint density at radius 2 is 1.78 bits per heavy atom. The molecule has 0 radical (unpaired) electrons. The molecule has 0 aliphatic rings. The lowest BCUT2D eigenvalue weighted by molar-refractivity contribution is -0.113. The lowest BCUT2D eigenvalue weighted by Crippen LogP contribution is -2.19. The topological polar surface area (TPSA) is 112 Å². The first-order chi connectivity index (χ1) is 15.1. The van der Waals surface area contributed by atoms with Gasteiger partial charge in [-0.25, -0.2) is 0 Å². The van der Waals surface area contributed by atoms with Crippen LogP contribution in [0.1, 0.15) is 42.5 Å². The maximum atomic E-state index is 12.3. The minimum atomic E-state index is -0.598. The number of nitrogens with two attached hydrogens (primary N) is 1. The summed E-state index contributed by atoms with van der Waals surface area (Å²) in [5.41, 5.74) is 7.31. The van der Waals surface area contributed by atoms with Gasteiger partial charge in [0.1, 0.15) is 12.4 Å². The molecule has 0 fully saturated rings. The third-order valence-electron chi connectivity index (χ3n) is 4.81. The van der Waals surface area contributed by atoms with E-state index in [1.54, 1.807) is 28.8 Å². The summed E-state index contributed by atoms with van der Waals surface area (Å²) < 4.78 is 7.63. The molecule has 1 heterocycles. The van der Waals surface area contributed by atoms with Crippen molar-refractivity contribution in [3.8, 4) is 5.75 Å². The van der Waals surface area contributed by atoms with E-state index in [1.807, 2.05) is 19.2 Å². The summed E-state index contributed by atoms with van der Waals surface area (Å²) in [4.78, 5) is 23.8. The monoisotopic (exact) mass is 453 g/mol. The first-order valence-electron chi connectivity index (χ1n) is 10.1. The number of para-hydroxylation sites is 1. The van der Waals surface area contributed by atoms with Crippen LogP contribution in [0.25, 0.3) is 0 Å². The maximum absolute atomic E-state index is 12.3. The molecule has 1 aromatic heterocycles.